The Morgan fingerprint density at radius 1 is 1.21 bits per heavy atom. The minimum Gasteiger partial charge on any atom is -0.381 e. The highest BCUT2D eigenvalue weighted by Crippen LogP contribution is 2.46. The molecule has 1 aromatic heterocycles. The predicted molar refractivity (Wildman–Crippen MR) is 105 cm³/mol. The van der Waals surface area contributed by atoms with Gasteiger partial charge < -0.3 is 10.5 Å². The van der Waals surface area contributed by atoms with E-state index in [1.807, 2.05) is 6.07 Å². The first kappa shape index (κ1) is 19.0. The number of aromatic nitrogens is 2. The first-order chi connectivity index (χ1) is 13.4. The molecule has 4 atom stereocenters. The van der Waals surface area contributed by atoms with Crippen LogP contribution in [0.3, 0.4) is 0 Å². The highest BCUT2D eigenvalue weighted by atomic mass is 32.2. The number of sulfone groups is 1. The fourth-order valence-corrected chi connectivity index (χ4v) is 8.04. The van der Waals surface area contributed by atoms with Gasteiger partial charge in [0.2, 0.25) is 9.84 Å². The monoisotopic (exact) mass is 408 g/mol. The van der Waals surface area contributed by atoms with Gasteiger partial charge in [0.05, 0.1) is 5.69 Å². The molecule has 2 N–H and O–H groups in total. The molecule has 0 amide bonds. The molecule has 2 saturated heterocycles. The number of rotatable bonds is 5. The van der Waals surface area contributed by atoms with Crippen LogP contribution in [0.4, 0.5) is 0 Å². The number of likely N-dealkylation sites (tertiary alicyclic amines) is 1. The van der Waals surface area contributed by atoms with E-state index >= 15 is 0 Å². The normalized spacial score (nSPS) is 34.8. The number of aryl methyl sites for hydroxylation is 1. The zero-order chi connectivity index (χ0) is 19.5. The molecule has 7 nitrogen and oxygen atoms in total. The zero-order valence-electron chi connectivity index (χ0n) is 16.7. The van der Waals surface area contributed by atoms with Gasteiger partial charge >= 0.3 is 0 Å². The first-order valence-corrected chi connectivity index (χ1v) is 12.3. The average Bonchev–Trinajstić information content (AvgIpc) is 3.22. The van der Waals surface area contributed by atoms with Crippen molar-refractivity contribution in [3.63, 3.8) is 0 Å². The SMILES string of the molecule is Cn1nc(C2CC2)cc1S(=O)(=O)[C@H]1[C@H]2C[C@@H](N)C[C@@H]2CN1CC1CCOCC1. The Kier molecular flexibility index (Phi) is 4.81. The molecule has 2 aliphatic heterocycles. The van der Waals surface area contributed by atoms with Crippen molar-refractivity contribution in [3.05, 3.63) is 11.8 Å². The molecule has 2 saturated carbocycles. The van der Waals surface area contributed by atoms with Crippen molar-refractivity contribution in [1.29, 1.82) is 0 Å². The van der Waals surface area contributed by atoms with Gasteiger partial charge in [-0.05, 0) is 62.3 Å². The highest BCUT2D eigenvalue weighted by molar-refractivity contribution is 7.92. The Bertz CT molecular complexity index is 829. The lowest BCUT2D eigenvalue weighted by Gasteiger charge is -2.32. The molecule has 0 aromatic carbocycles. The number of hydrogen-bond acceptors (Lipinski definition) is 6. The van der Waals surface area contributed by atoms with Crippen LogP contribution in [0.5, 0.6) is 0 Å². The molecule has 4 fully saturated rings. The largest absolute Gasteiger partial charge is 0.381 e. The number of nitrogens with two attached hydrogens (primary N) is 1. The van der Waals surface area contributed by atoms with Crippen molar-refractivity contribution in [2.75, 3.05) is 26.3 Å². The lowest BCUT2D eigenvalue weighted by molar-refractivity contribution is 0.0528. The van der Waals surface area contributed by atoms with E-state index in [0.29, 0.717) is 22.8 Å². The van der Waals surface area contributed by atoms with Gasteiger partial charge in [-0.25, -0.2) is 8.42 Å². The minimum absolute atomic E-state index is 0.131. The van der Waals surface area contributed by atoms with Gasteiger partial charge in [0.1, 0.15) is 5.37 Å². The molecule has 0 unspecified atom stereocenters. The van der Waals surface area contributed by atoms with Crippen LogP contribution in [-0.4, -0.2) is 60.8 Å². The van der Waals surface area contributed by atoms with E-state index in [9.17, 15) is 8.42 Å². The van der Waals surface area contributed by atoms with Crippen LogP contribution in [0.15, 0.2) is 11.1 Å². The Morgan fingerprint density at radius 3 is 2.68 bits per heavy atom. The number of fused-ring (bicyclic) bond motifs is 1. The van der Waals surface area contributed by atoms with Crippen molar-refractivity contribution < 1.29 is 13.2 Å². The summed E-state index contributed by atoms with van der Waals surface area (Å²) in [6.45, 7) is 3.29. The van der Waals surface area contributed by atoms with Crippen LogP contribution in [0.2, 0.25) is 0 Å². The summed E-state index contributed by atoms with van der Waals surface area (Å²) in [6.07, 6.45) is 6.04. The summed E-state index contributed by atoms with van der Waals surface area (Å²) in [5.41, 5.74) is 7.17. The van der Waals surface area contributed by atoms with Gasteiger partial charge in [0.15, 0.2) is 5.03 Å². The summed E-state index contributed by atoms with van der Waals surface area (Å²) >= 11 is 0. The Balaban J connectivity index is 1.45. The molecule has 0 spiro atoms. The number of hydrogen-bond donors (Lipinski definition) is 1. The van der Waals surface area contributed by atoms with Crippen molar-refractivity contribution in [2.45, 2.75) is 60.9 Å². The maximum atomic E-state index is 13.8. The fourth-order valence-electron chi connectivity index (χ4n) is 5.74. The van der Waals surface area contributed by atoms with Crippen molar-refractivity contribution in [3.8, 4) is 0 Å². The first-order valence-electron chi connectivity index (χ1n) is 10.8. The third kappa shape index (κ3) is 3.32. The predicted octanol–water partition coefficient (Wildman–Crippen LogP) is 1.49. The van der Waals surface area contributed by atoms with Crippen LogP contribution in [0.1, 0.15) is 50.1 Å². The van der Waals surface area contributed by atoms with E-state index in [1.54, 1.807) is 11.7 Å². The number of ether oxygens (including phenoxy) is 1. The van der Waals surface area contributed by atoms with Gasteiger partial charge in [-0.2, -0.15) is 5.10 Å². The quantitative estimate of drug-likeness (QED) is 0.794. The molecule has 0 bridgehead atoms. The zero-order valence-corrected chi connectivity index (χ0v) is 17.5. The fraction of sp³-hybridized carbons (Fsp3) is 0.850. The number of nitrogens with zero attached hydrogens (tertiary/aromatic N) is 3. The van der Waals surface area contributed by atoms with Crippen LogP contribution >= 0.6 is 0 Å². The van der Waals surface area contributed by atoms with Crippen molar-refractivity contribution in [1.82, 2.24) is 14.7 Å². The Morgan fingerprint density at radius 2 is 1.96 bits per heavy atom. The van der Waals surface area contributed by atoms with Crippen molar-refractivity contribution >= 4 is 9.84 Å². The Labute approximate surface area is 167 Å². The summed E-state index contributed by atoms with van der Waals surface area (Å²) in [4.78, 5) is 2.26. The minimum atomic E-state index is -3.49. The van der Waals surface area contributed by atoms with Crippen LogP contribution in [0.25, 0.3) is 0 Å². The standard InChI is InChI=1S/C20H32N4O3S/c1-23-19(10-18(22-23)14-2-3-14)28(25,26)20-17-9-16(21)8-15(17)12-24(20)11-13-4-6-27-7-5-13/h10,13-17,20H,2-9,11-12,21H2,1H3/t15-,16+,17+,20+/m1/s1. The van der Waals surface area contributed by atoms with Crippen LogP contribution < -0.4 is 5.73 Å². The molecule has 2 aliphatic carbocycles. The molecular weight excluding hydrogens is 376 g/mol. The summed E-state index contributed by atoms with van der Waals surface area (Å²) < 4.78 is 34.8. The lowest BCUT2D eigenvalue weighted by Crippen LogP contribution is -2.44. The molecule has 28 heavy (non-hydrogen) atoms. The molecule has 156 valence electrons. The second-order valence-corrected chi connectivity index (χ2v) is 11.4. The summed E-state index contributed by atoms with van der Waals surface area (Å²) in [5.74, 6) is 1.50. The van der Waals surface area contributed by atoms with Gasteiger partial charge in [-0.15, -0.1) is 0 Å². The van der Waals surface area contributed by atoms with Gasteiger partial charge in [0.25, 0.3) is 0 Å². The molecule has 8 heteroatoms. The second kappa shape index (κ2) is 7.07. The third-order valence-electron chi connectivity index (χ3n) is 7.28. The molecule has 4 aliphatic rings. The molecule has 5 rings (SSSR count). The van der Waals surface area contributed by atoms with Gasteiger partial charge in [0, 0.05) is 45.3 Å². The molecular formula is C20H32N4O3S. The topological polar surface area (TPSA) is 90.5 Å². The van der Waals surface area contributed by atoms with Crippen molar-refractivity contribution in [2.24, 2.45) is 30.5 Å². The van der Waals surface area contributed by atoms with E-state index in [4.69, 9.17) is 10.5 Å². The Hall–Kier alpha value is -0.960. The average molecular weight is 409 g/mol. The van der Waals surface area contributed by atoms with Gasteiger partial charge in [-0.3, -0.25) is 9.58 Å². The molecule has 0 radical (unpaired) electrons. The highest BCUT2D eigenvalue weighted by Gasteiger charge is 2.53. The van der Waals surface area contributed by atoms with Crippen LogP contribution in [-0.2, 0) is 21.6 Å². The lowest BCUT2D eigenvalue weighted by atomic mass is 10.00. The van der Waals surface area contributed by atoms with Crippen LogP contribution in [0, 0.1) is 17.8 Å². The van der Waals surface area contributed by atoms with E-state index in [1.165, 1.54) is 0 Å². The maximum Gasteiger partial charge on any atom is 0.211 e. The summed E-state index contributed by atoms with van der Waals surface area (Å²) in [6, 6.07) is 1.97. The second-order valence-electron chi connectivity index (χ2n) is 9.41. The summed E-state index contributed by atoms with van der Waals surface area (Å²) in [5, 5.41) is 4.45. The van der Waals surface area contributed by atoms with E-state index in [2.05, 4.69) is 10.00 Å². The van der Waals surface area contributed by atoms with E-state index in [-0.39, 0.29) is 12.0 Å². The van der Waals surface area contributed by atoms with E-state index in [0.717, 1.165) is 70.5 Å². The maximum absolute atomic E-state index is 13.8. The van der Waals surface area contributed by atoms with Gasteiger partial charge in [-0.1, -0.05) is 0 Å². The molecule has 1 aromatic rings. The van der Waals surface area contributed by atoms with E-state index < -0.39 is 15.2 Å². The third-order valence-corrected chi connectivity index (χ3v) is 9.52. The molecule has 3 heterocycles. The smallest absolute Gasteiger partial charge is 0.211 e. The summed E-state index contributed by atoms with van der Waals surface area (Å²) in [7, 11) is -1.72.